The van der Waals surface area contributed by atoms with E-state index < -0.39 is 0 Å². The molecule has 1 aliphatic heterocycles. The second-order valence-electron chi connectivity index (χ2n) is 6.78. The maximum absolute atomic E-state index is 11.9. The maximum atomic E-state index is 11.9. The maximum Gasteiger partial charge on any atom is 0.221 e. The molecule has 1 aliphatic rings. The highest BCUT2D eigenvalue weighted by Gasteiger charge is 2.24. The molecule has 6 nitrogen and oxygen atoms in total. The number of guanidine groups is 1. The molecular formula is C19H33N5OS. The molecule has 146 valence electrons. The van der Waals surface area contributed by atoms with Gasteiger partial charge < -0.3 is 16.0 Å². The fourth-order valence-corrected chi connectivity index (χ4v) is 3.96. The number of nitrogens with one attached hydrogen (secondary N) is 3. The van der Waals surface area contributed by atoms with Crippen molar-refractivity contribution < 1.29 is 4.79 Å². The van der Waals surface area contributed by atoms with Crippen molar-refractivity contribution in [2.75, 3.05) is 33.2 Å². The summed E-state index contributed by atoms with van der Waals surface area (Å²) in [5.74, 6) is 0.831. The van der Waals surface area contributed by atoms with Crippen molar-refractivity contribution in [3.05, 3.63) is 22.4 Å². The summed E-state index contributed by atoms with van der Waals surface area (Å²) in [5.41, 5.74) is 0. The molecule has 2 atom stereocenters. The average molecular weight is 380 g/mol. The van der Waals surface area contributed by atoms with Gasteiger partial charge in [0.1, 0.15) is 0 Å². The standard InChI is InChI=1S/C19H33N5OS/c1-4-15(2)23-18(25)9-10-21-19(20-3)22-14-16(17-8-7-13-26-17)24-11-5-6-12-24/h7-8,13,15-16H,4-6,9-12,14H2,1-3H3,(H,23,25)(H2,20,21,22). The third kappa shape index (κ3) is 6.61. The van der Waals surface area contributed by atoms with E-state index >= 15 is 0 Å². The Kier molecular flexibility index (Phi) is 8.91. The molecule has 2 rings (SSSR count). The Hall–Kier alpha value is -1.60. The summed E-state index contributed by atoms with van der Waals surface area (Å²) in [6.45, 7) is 7.81. The first-order chi connectivity index (χ1) is 12.6. The van der Waals surface area contributed by atoms with E-state index in [4.69, 9.17) is 0 Å². The molecule has 0 spiro atoms. The topological polar surface area (TPSA) is 68.8 Å². The van der Waals surface area contributed by atoms with Gasteiger partial charge in [0.05, 0.1) is 6.04 Å². The van der Waals surface area contributed by atoms with Gasteiger partial charge in [0.15, 0.2) is 5.96 Å². The van der Waals surface area contributed by atoms with Gasteiger partial charge in [-0.3, -0.25) is 14.7 Å². The van der Waals surface area contributed by atoms with Crippen molar-refractivity contribution in [1.29, 1.82) is 0 Å². The smallest absolute Gasteiger partial charge is 0.221 e. The first kappa shape index (κ1) is 20.7. The van der Waals surface area contributed by atoms with Crippen molar-refractivity contribution in [3.8, 4) is 0 Å². The van der Waals surface area contributed by atoms with E-state index in [1.165, 1.54) is 17.7 Å². The lowest BCUT2D eigenvalue weighted by molar-refractivity contribution is -0.121. The molecule has 3 N–H and O–H groups in total. The second kappa shape index (κ2) is 11.2. The fourth-order valence-electron chi connectivity index (χ4n) is 3.10. The summed E-state index contributed by atoms with van der Waals surface area (Å²) in [7, 11) is 1.77. The largest absolute Gasteiger partial charge is 0.356 e. The van der Waals surface area contributed by atoms with Crippen molar-refractivity contribution in [3.63, 3.8) is 0 Å². The Labute approximate surface area is 161 Å². The van der Waals surface area contributed by atoms with Crippen LogP contribution >= 0.6 is 11.3 Å². The fraction of sp³-hybridized carbons (Fsp3) is 0.684. The van der Waals surface area contributed by atoms with E-state index in [9.17, 15) is 4.79 Å². The molecule has 0 saturated carbocycles. The van der Waals surface area contributed by atoms with Crippen LogP contribution in [0.2, 0.25) is 0 Å². The van der Waals surface area contributed by atoms with Gasteiger partial charge in [0, 0.05) is 37.5 Å². The van der Waals surface area contributed by atoms with Crippen molar-refractivity contribution in [2.45, 2.75) is 51.6 Å². The first-order valence-electron chi connectivity index (χ1n) is 9.65. The van der Waals surface area contributed by atoms with Crippen molar-refractivity contribution in [1.82, 2.24) is 20.9 Å². The van der Waals surface area contributed by atoms with E-state index in [-0.39, 0.29) is 11.9 Å². The van der Waals surface area contributed by atoms with Crippen LogP contribution in [-0.4, -0.2) is 56.0 Å². The number of rotatable bonds is 9. The van der Waals surface area contributed by atoms with Crippen molar-refractivity contribution >= 4 is 23.2 Å². The van der Waals surface area contributed by atoms with Gasteiger partial charge in [-0.1, -0.05) is 13.0 Å². The van der Waals surface area contributed by atoms with Gasteiger partial charge in [-0.25, -0.2) is 0 Å². The molecule has 1 amide bonds. The number of thiophene rings is 1. The molecule has 1 fully saturated rings. The highest BCUT2D eigenvalue weighted by Crippen LogP contribution is 2.27. The average Bonchev–Trinajstić information content (AvgIpc) is 3.34. The predicted molar refractivity (Wildman–Crippen MR) is 110 cm³/mol. The van der Waals surface area contributed by atoms with Crippen LogP contribution in [-0.2, 0) is 4.79 Å². The molecule has 1 aromatic heterocycles. The second-order valence-corrected chi connectivity index (χ2v) is 7.76. The summed E-state index contributed by atoms with van der Waals surface area (Å²) < 4.78 is 0. The summed E-state index contributed by atoms with van der Waals surface area (Å²) in [5, 5.41) is 11.8. The van der Waals surface area contributed by atoms with Crippen LogP contribution in [0, 0.1) is 0 Å². The minimum atomic E-state index is 0.0795. The first-order valence-corrected chi connectivity index (χ1v) is 10.5. The third-order valence-corrected chi connectivity index (χ3v) is 5.78. The molecule has 0 aromatic carbocycles. The SMILES string of the molecule is CCC(C)NC(=O)CCNC(=NC)NCC(c1cccs1)N1CCCC1. The Morgan fingerprint density at radius 3 is 2.73 bits per heavy atom. The molecule has 26 heavy (non-hydrogen) atoms. The zero-order valence-electron chi connectivity index (χ0n) is 16.3. The van der Waals surface area contributed by atoms with E-state index in [2.05, 4.69) is 50.3 Å². The normalized spacial score (nSPS) is 17.7. The number of nitrogens with zero attached hydrogens (tertiary/aromatic N) is 2. The number of likely N-dealkylation sites (tertiary alicyclic amines) is 1. The number of carbonyl (C=O) groups is 1. The highest BCUT2D eigenvalue weighted by molar-refractivity contribution is 7.10. The van der Waals surface area contributed by atoms with Gasteiger partial charge in [0.2, 0.25) is 5.91 Å². The van der Waals surface area contributed by atoms with Gasteiger partial charge in [-0.15, -0.1) is 11.3 Å². The highest BCUT2D eigenvalue weighted by atomic mass is 32.1. The molecule has 0 bridgehead atoms. The minimum absolute atomic E-state index is 0.0795. The van der Waals surface area contributed by atoms with Gasteiger partial charge in [0.25, 0.3) is 0 Å². The van der Waals surface area contributed by atoms with Crippen LogP contribution in [0.4, 0.5) is 0 Å². The predicted octanol–water partition coefficient (Wildman–Crippen LogP) is 2.35. The molecule has 1 saturated heterocycles. The monoisotopic (exact) mass is 379 g/mol. The molecule has 2 unspecified atom stereocenters. The quantitative estimate of drug-likeness (QED) is 0.455. The van der Waals surface area contributed by atoms with Crippen LogP contribution in [0.25, 0.3) is 0 Å². The number of carbonyl (C=O) groups excluding carboxylic acids is 1. The lowest BCUT2D eigenvalue weighted by Gasteiger charge is -2.27. The summed E-state index contributed by atoms with van der Waals surface area (Å²) in [6, 6.07) is 4.94. The van der Waals surface area contributed by atoms with E-state index in [1.807, 2.05) is 18.3 Å². The lowest BCUT2D eigenvalue weighted by atomic mass is 10.2. The van der Waals surface area contributed by atoms with E-state index in [0.717, 1.165) is 32.0 Å². The Morgan fingerprint density at radius 2 is 2.12 bits per heavy atom. The van der Waals surface area contributed by atoms with Crippen LogP contribution in [0.3, 0.4) is 0 Å². The zero-order chi connectivity index (χ0) is 18.8. The van der Waals surface area contributed by atoms with Gasteiger partial charge in [-0.05, 0) is 50.7 Å². The Morgan fingerprint density at radius 1 is 1.35 bits per heavy atom. The molecule has 7 heteroatoms. The molecular weight excluding hydrogens is 346 g/mol. The van der Waals surface area contributed by atoms with Crippen LogP contribution in [0.5, 0.6) is 0 Å². The number of hydrogen-bond acceptors (Lipinski definition) is 4. The summed E-state index contributed by atoms with van der Waals surface area (Å²) in [6.07, 6.45) is 3.95. The van der Waals surface area contributed by atoms with Crippen LogP contribution < -0.4 is 16.0 Å². The molecule has 1 aromatic rings. The van der Waals surface area contributed by atoms with Gasteiger partial charge in [-0.2, -0.15) is 0 Å². The van der Waals surface area contributed by atoms with E-state index in [0.29, 0.717) is 19.0 Å². The Bertz CT molecular complexity index is 554. The zero-order valence-corrected chi connectivity index (χ0v) is 17.1. The van der Waals surface area contributed by atoms with Crippen molar-refractivity contribution in [2.24, 2.45) is 4.99 Å². The van der Waals surface area contributed by atoms with Crippen LogP contribution in [0.15, 0.2) is 22.5 Å². The molecule has 0 aliphatic carbocycles. The van der Waals surface area contributed by atoms with E-state index in [1.54, 1.807) is 7.05 Å². The summed E-state index contributed by atoms with van der Waals surface area (Å²) >= 11 is 1.81. The minimum Gasteiger partial charge on any atom is -0.356 e. The number of aliphatic imine (C=N–C) groups is 1. The third-order valence-electron chi connectivity index (χ3n) is 4.80. The number of hydrogen-bond donors (Lipinski definition) is 3. The van der Waals surface area contributed by atoms with Gasteiger partial charge >= 0.3 is 0 Å². The molecule has 2 heterocycles. The number of amides is 1. The lowest BCUT2D eigenvalue weighted by Crippen LogP contribution is -2.43. The Balaban J connectivity index is 1.78. The summed E-state index contributed by atoms with van der Waals surface area (Å²) in [4.78, 5) is 20.1. The van der Waals surface area contributed by atoms with Crippen LogP contribution in [0.1, 0.15) is 50.4 Å². The molecule has 0 radical (unpaired) electrons.